The van der Waals surface area contributed by atoms with Gasteiger partial charge in [-0.25, -0.2) is 0 Å². The number of thioether (sulfide) groups is 1. The fourth-order valence-electron chi connectivity index (χ4n) is 1.44. The van der Waals surface area contributed by atoms with Gasteiger partial charge >= 0.3 is 0 Å². The SMILES string of the molecule is CNc1nnc(CSC2CCOCC2)s1. The highest BCUT2D eigenvalue weighted by Crippen LogP contribution is 2.27. The van der Waals surface area contributed by atoms with E-state index >= 15 is 0 Å². The zero-order valence-electron chi connectivity index (χ0n) is 8.73. The van der Waals surface area contributed by atoms with Crippen LogP contribution < -0.4 is 5.32 Å². The van der Waals surface area contributed by atoms with Gasteiger partial charge in [0.15, 0.2) is 0 Å². The van der Waals surface area contributed by atoms with Crippen molar-refractivity contribution in [3.63, 3.8) is 0 Å². The summed E-state index contributed by atoms with van der Waals surface area (Å²) < 4.78 is 5.32. The van der Waals surface area contributed by atoms with E-state index in [2.05, 4.69) is 15.5 Å². The summed E-state index contributed by atoms with van der Waals surface area (Å²) in [5.74, 6) is 0.976. The number of ether oxygens (including phenoxy) is 1. The molecule has 0 saturated carbocycles. The first-order chi connectivity index (χ1) is 7.38. The predicted octanol–water partition coefficient (Wildman–Crippen LogP) is 1.99. The Bertz CT molecular complexity index is 299. The van der Waals surface area contributed by atoms with Crippen molar-refractivity contribution >= 4 is 28.2 Å². The summed E-state index contributed by atoms with van der Waals surface area (Å²) >= 11 is 3.61. The molecule has 84 valence electrons. The van der Waals surface area contributed by atoms with Crippen molar-refractivity contribution in [1.29, 1.82) is 0 Å². The molecule has 1 aliphatic rings. The molecule has 0 amide bonds. The Labute approximate surface area is 97.8 Å². The molecule has 1 aromatic rings. The molecule has 6 heteroatoms. The van der Waals surface area contributed by atoms with E-state index in [4.69, 9.17) is 4.74 Å². The molecule has 1 aliphatic heterocycles. The topological polar surface area (TPSA) is 47.0 Å². The molecule has 0 bridgehead atoms. The molecular weight excluding hydrogens is 230 g/mol. The zero-order chi connectivity index (χ0) is 10.5. The summed E-state index contributed by atoms with van der Waals surface area (Å²) in [6.07, 6.45) is 2.34. The molecule has 4 nitrogen and oxygen atoms in total. The van der Waals surface area contributed by atoms with Gasteiger partial charge in [0, 0.05) is 31.3 Å². The molecule has 0 unspecified atom stereocenters. The van der Waals surface area contributed by atoms with Gasteiger partial charge in [0.25, 0.3) is 0 Å². The highest BCUT2D eigenvalue weighted by Gasteiger charge is 2.15. The molecule has 0 aromatic carbocycles. The third-order valence-electron chi connectivity index (χ3n) is 2.29. The molecular formula is C9H15N3OS2. The third-order valence-corrected chi connectivity index (χ3v) is 4.80. The van der Waals surface area contributed by atoms with Crippen LogP contribution in [-0.2, 0) is 10.5 Å². The van der Waals surface area contributed by atoms with Gasteiger partial charge in [0.1, 0.15) is 5.01 Å². The Balaban J connectivity index is 1.76. The van der Waals surface area contributed by atoms with Crippen molar-refractivity contribution in [3.8, 4) is 0 Å². The smallest absolute Gasteiger partial charge is 0.205 e. The van der Waals surface area contributed by atoms with Crippen LogP contribution in [0, 0.1) is 0 Å². The minimum Gasteiger partial charge on any atom is -0.381 e. The molecule has 0 aliphatic carbocycles. The van der Waals surface area contributed by atoms with E-state index in [0.717, 1.165) is 34.4 Å². The van der Waals surface area contributed by atoms with Crippen molar-refractivity contribution in [3.05, 3.63) is 5.01 Å². The van der Waals surface area contributed by atoms with Crippen LogP contribution in [0.5, 0.6) is 0 Å². The van der Waals surface area contributed by atoms with Gasteiger partial charge < -0.3 is 10.1 Å². The van der Waals surface area contributed by atoms with Crippen LogP contribution in [-0.4, -0.2) is 35.7 Å². The second-order valence-corrected chi connectivity index (χ2v) is 5.72. The van der Waals surface area contributed by atoms with Crippen LogP contribution in [0.2, 0.25) is 0 Å². The first-order valence-corrected chi connectivity index (χ1v) is 6.94. The molecule has 2 rings (SSSR count). The summed E-state index contributed by atoms with van der Waals surface area (Å²) in [6.45, 7) is 1.82. The Hall–Kier alpha value is -0.330. The first-order valence-electron chi connectivity index (χ1n) is 5.08. The highest BCUT2D eigenvalue weighted by molar-refractivity contribution is 7.99. The molecule has 0 radical (unpaired) electrons. The van der Waals surface area contributed by atoms with E-state index in [1.807, 2.05) is 18.8 Å². The van der Waals surface area contributed by atoms with Gasteiger partial charge in [-0.15, -0.1) is 10.2 Å². The predicted molar refractivity (Wildman–Crippen MR) is 64.6 cm³/mol. The molecule has 0 spiro atoms. The number of hydrogen-bond acceptors (Lipinski definition) is 6. The largest absolute Gasteiger partial charge is 0.381 e. The molecule has 1 fully saturated rings. The number of nitrogens with zero attached hydrogens (tertiary/aromatic N) is 2. The Morgan fingerprint density at radius 2 is 2.27 bits per heavy atom. The minimum atomic E-state index is 0.737. The van der Waals surface area contributed by atoms with Gasteiger partial charge in [-0.2, -0.15) is 11.8 Å². The van der Waals surface area contributed by atoms with E-state index < -0.39 is 0 Å². The lowest BCUT2D eigenvalue weighted by Crippen LogP contribution is -2.17. The van der Waals surface area contributed by atoms with Gasteiger partial charge in [0.05, 0.1) is 0 Å². The minimum absolute atomic E-state index is 0.737. The Kier molecular flexibility index (Phi) is 4.22. The number of nitrogens with one attached hydrogen (secondary N) is 1. The maximum Gasteiger partial charge on any atom is 0.205 e. The fraction of sp³-hybridized carbons (Fsp3) is 0.778. The van der Waals surface area contributed by atoms with Crippen LogP contribution in [0.15, 0.2) is 0 Å². The molecule has 1 N–H and O–H groups in total. The van der Waals surface area contributed by atoms with E-state index in [0.29, 0.717) is 0 Å². The van der Waals surface area contributed by atoms with Crippen LogP contribution in [0.3, 0.4) is 0 Å². The average Bonchev–Trinajstić information content (AvgIpc) is 2.76. The molecule has 1 saturated heterocycles. The van der Waals surface area contributed by atoms with E-state index in [9.17, 15) is 0 Å². The Morgan fingerprint density at radius 3 is 2.93 bits per heavy atom. The van der Waals surface area contributed by atoms with Gasteiger partial charge in [-0.05, 0) is 12.8 Å². The first kappa shape index (κ1) is 11.2. The van der Waals surface area contributed by atoms with Crippen molar-refractivity contribution in [2.24, 2.45) is 0 Å². The number of anilines is 1. The van der Waals surface area contributed by atoms with E-state index in [-0.39, 0.29) is 0 Å². The molecule has 2 heterocycles. The summed E-state index contributed by atoms with van der Waals surface area (Å²) in [7, 11) is 1.87. The van der Waals surface area contributed by atoms with Crippen LogP contribution >= 0.6 is 23.1 Å². The van der Waals surface area contributed by atoms with Crippen molar-refractivity contribution < 1.29 is 4.74 Å². The highest BCUT2D eigenvalue weighted by atomic mass is 32.2. The normalized spacial score (nSPS) is 17.9. The molecule has 0 atom stereocenters. The number of rotatable bonds is 4. The second-order valence-electron chi connectivity index (χ2n) is 3.37. The van der Waals surface area contributed by atoms with Crippen LogP contribution in [0.1, 0.15) is 17.8 Å². The van der Waals surface area contributed by atoms with Gasteiger partial charge in [-0.1, -0.05) is 11.3 Å². The fourth-order valence-corrected chi connectivity index (χ4v) is 3.33. The zero-order valence-corrected chi connectivity index (χ0v) is 10.4. The van der Waals surface area contributed by atoms with Crippen molar-refractivity contribution in [2.45, 2.75) is 23.8 Å². The summed E-state index contributed by atoms with van der Waals surface area (Å²) in [6, 6.07) is 0. The lowest BCUT2D eigenvalue weighted by atomic mass is 10.2. The maximum atomic E-state index is 5.32. The lowest BCUT2D eigenvalue weighted by Gasteiger charge is -2.20. The molecule has 15 heavy (non-hydrogen) atoms. The monoisotopic (exact) mass is 245 g/mol. The third kappa shape index (κ3) is 3.32. The van der Waals surface area contributed by atoms with Crippen molar-refractivity contribution in [2.75, 3.05) is 25.6 Å². The van der Waals surface area contributed by atoms with Crippen molar-refractivity contribution in [1.82, 2.24) is 10.2 Å². The summed E-state index contributed by atoms with van der Waals surface area (Å²) in [4.78, 5) is 0. The maximum absolute atomic E-state index is 5.32. The average molecular weight is 245 g/mol. The molecule has 1 aromatic heterocycles. The quantitative estimate of drug-likeness (QED) is 0.879. The lowest BCUT2D eigenvalue weighted by molar-refractivity contribution is 0.1000. The van der Waals surface area contributed by atoms with E-state index in [1.165, 1.54) is 12.8 Å². The summed E-state index contributed by atoms with van der Waals surface area (Å²) in [5, 5.41) is 13.9. The number of aromatic nitrogens is 2. The Morgan fingerprint density at radius 1 is 1.47 bits per heavy atom. The standard InChI is InChI=1S/C9H15N3OS2/c1-10-9-12-11-8(15-9)6-14-7-2-4-13-5-3-7/h7H,2-6H2,1H3,(H,10,12). The summed E-state index contributed by atoms with van der Waals surface area (Å²) in [5.41, 5.74) is 0. The van der Waals surface area contributed by atoms with Crippen LogP contribution in [0.4, 0.5) is 5.13 Å². The number of hydrogen-bond donors (Lipinski definition) is 1. The van der Waals surface area contributed by atoms with Crippen LogP contribution in [0.25, 0.3) is 0 Å². The van der Waals surface area contributed by atoms with Gasteiger partial charge in [-0.3, -0.25) is 0 Å². The van der Waals surface area contributed by atoms with E-state index in [1.54, 1.807) is 11.3 Å². The second kappa shape index (κ2) is 5.67. The van der Waals surface area contributed by atoms with Gasteiger partial charge in [0.2, 0.25) is 5.13 Å².